The predicted octanol–water partition coefficient (Wildman–Crippen LogP) is 5.32. The minimum absolute atomic E-state index is 0.0661. The zero-order valence-corrected chi connectivity index (χ0v) is 12.2. The Hall–Kier alpha value is -0.710. The Kier molecular flexibility index (Phi) is 4.70. The van der Waals surface area contributed by atoms with Crippen LogP contribution in [0, 0.1) is 5.41 Å². The summed E-state index contributed by atoms with van der Waals surface area (Å²) in [6.07, 6.45) is -3.44. The Morgan fingerprint density at radius 3 is 2.28 bits per heavy atom. The molecule has 1 N–H and O–H groups in total. The molecule has 0 spiro atoms. The minimum Gasteiger partial charge on any atom is -0.385 e. The van der Waals surface area contributed by atoms with Gasteiger partial charge in [0.2, 0.25) is 0 Å². The van der Waals surface area contributed by atoms with Crippen LogP contribution >= 0.6 is 15.9 Å². The second kappa shape index (κ2) is 5.51. The second-order valence-corrected chi connectivity index (χ2v) is 6.28. The first-order valence-electron chi connectivity index (χ1n) is 5.70. The predicted molar refractivity (Wildman–Crippen MR) is 71.7 cm³/mol. The number of anilines is 1. The van der Waals surface area contributed by atoms with Crippen molar-refractivity contribution in [3.8, 4) is 0 Å². The van der Waals surface area contributed by atoms with E-state index < -0.39 is 11.7 Å². The van der Waals surface area contributed by atoms with E-state index in [9.17, 15) is 13.2 Å². The molecular formula is C13H17BrF3N. The summed E-state index contributed by atoms with van der Waals surface area (Å²) in [4.78, 5) is 0. The zero-order valence-electron chi connectivity index (χ0n) is 10.7. The second-order valence-electron chi connectivity index (χ2n) is 5.43. The maximum Gasteiger partial charge on any atom is 0.417 e. The fourth-order valence-electron chi connectivity index (χ4n) is 1.43. The van der Waals surface area contributed by atoms with Gasteiger partial charge in [-0.15, -0.1) is 0 Å². The van der Waals surface area contributed by atoms with Crippen molar-refractivity contribution in [1.29, 1.82) is 0 Å². The highest BCUT2D eigenvalue weighted by atomic mass is 79.9. The normalized spacial score (nSPS) is 12.6. The lowest BCUT2D eigenvalue weighted by atomic mass is 9.92. The molecule has 0 amide bonds. The third-order valence-electron chi connectivity index (χ3n) is 2.48. The van der Waals surface area contributed by atoms with Gasteiger partial charge >= 0.3 is 6.18 Å². The van der Waals surface area contributed by atoms with Crippen LogP contribution in [0.3, 0.4) is 0 Å². The van der Waals surface area contributed by atoms with Gasteiger partial charge in [-0.2, -0.15) is 13.2 Å². The Morgan fingerprint density at radius 1 is 1.17 bits per heavy atom. The molecule has 102 valence electrons. The van der Waals surface area contributed by atoms with Crippen LogP contribution in [0.5, 0.6) is 0 Å². The van der Waals surface area contributed by atoms with E-state index in [1.54, 1.807) is 6.07 Å². The lowest BCUT2D eigenvalue weighted by Crippen LogP contribution is -2.13. The van der Waals surface area contributed by atoms with E-state index >= 15 is 0 Å². The van der Waals surface area contributed by atoms with Crippen molar-refractivity contribution in [2.75, 3.05) is 11.9 Å². The molecule has 0 saturated heterocycles. The van der Waals surface area contributed by atoms with Gasteiger partial charge < -0.3 is 5.32 Å². The molecule has 1 aromatic carbocycles. The molecule has 0 radical (unpaired) electrons. The summed E-state index contributed by atoms with van der Waals surface area (Å²) < 4.78 is 38.1. The number of nitrogens with one attached hydrogen (secondary N) is 1. The highest BCUT2D eigenvalue weighted by Crippen LogP contribution is 2.36. The molecule has 0 saturated carbocycles. The summed E-state index contributed by atoms with van der Waals surface area (Å²) in [5.74, 6) is 0. The fraction of sp³-hybridized carbons (Fsp3) is 0.538. The van der Waals surface area contributed by atoms with Gasteiger partial charge in [0.15, 0.2) is 0 Å². The third-order valence-corrected chi connectivity index (χ3v) is 3.17. The minimum atomic E-state index is -4.33. The summed E-state index contributed by atoms with van der Waals surface area (Å²) in [5, 5.41) is 3.02. The number of hydrogen-bond acceptors (Lipinski definition) is 1. The molecule has 0 atom stereocenters. The molecule has 5 heteroatoms. The van der Waals surface area contributed by atoms with Crippen LogP contribution < -0.4 is 5.32 Å². The van der Waals surface area contributed by atoms with E-state index in [0.29, 0.717) is 12.2 Å². The van der Waals surface area contributed by atoms with E-state index in [2.05, 4.69) is 42.0 Å². The molecule has 0 bridgehead atoms. The van der Waals surface area contributed by atoms with Crippen LogP contribution in [-0.4, -0.2) is 6.54 Å². The maximum atomic E-state index is 12.7. The van der Waals surface area contributed by atoms with Gasteiger partial charge in [-0.25, -0.2) is 0 Å². The molecule has 0 unspecified atom stereocenters. The highest BCUT2D eigenvalue weighted by molar-refractivity contribution is 9.10. The number of alkyl halides is 3. The first kappa shape index (κ1) is 15.3. The Labute approximate surface area is 114 Å². The van der Waals surface area contributed by atoms with Crippen LogP contribution in [0.25, 0.3) is 0 Å². The van der Waals surface area contributed by atoms with Crippen molar-refractivity contribution >= 4 is 21.6 Å². The first-order valence-corrected chi connectivity index (χ1v) is 6.49. The monoisotopic (exact) mass is 323 g/mol. The average molecular weight is 324 g/mol. The quantitative estimate of drug-likeness (QED) is 0.794. The topological polar surface area (TPSA) is 12.0 Å². The number of halogens is 4. The van der Waals surface area contributed by atoms with Crippen LogP contribution in [0.2, 0.25) is 0 Å². The van der Waals surface area contributed by atoms with Crippen molar-refractivity contribution in [2.45, 2.75) is 33.4 Å². The zero-order chi connectivity index (χ0) is 14.0. The van der Waals surface area contributed by atoms with E-state index in [0.717, 1.165) is 12.5 Å². The smallest absolute Gasteiger partial charge is 0.385 e. The van der Waals surface area contributed by atoms with Gasteiger partial charge in [0, 0.05) is 16.7 Å². The van der Waals surface area contributed by atoms with E-state index in [-0.39, 0.29) is 9.89 Å². The standard InChI is InChI=1S/C13H17BrF3N/c1-12(2,3)6-7-18-9-4-5-11(14)10(8-9)13(15,16)17/h4-5,8,18H,6-7H2,1-3H3. The summed E-state index contributed by atoms with van der Waals surface area (Å²) in [6, 6.07) is 4.19. The lowest BCUT2D eigenvalue weighted by molar-refractivity contribution is -0.138. The van der Waals surface area contributed by atoms with Gasteiger partial charge in [-0.1, -0.05) is 36.7 Å². The summed E-state index contributed by atoms with van der Waals surface area (Å²) >= 11 is 2.92. The van der Waals surface area contributed by atoms with Gasteiger partial charge in [0.25, 0.3) is 0 Å². The Morgan fingerprint density at radius 2 is 1.78 bits per heavy atom. The lowest BCUT2D eigenvalue weighted by Gasteiger charge is -2.19. The molecule has 0 heterocycles. The van der Waals surface area contributed by atoms with Crippen LogP contribution in [0.1, 0.15) is 32.8 Å². The third kappa shape index (κ3) is 4.88. The molecular weight excluding hydrogens is 307 g/mol. The molecule has 18 heavy (non-hydrogen) atoms. The van der Waals surface area contributed by atoms with Crippen molar-refractivity contribution in [2.24, 2.45) is 5.41 Å². The van der Waals surface area contributed by atoms with Crippen molar-refractivity contribution < 1.29 is 13.2 Å². The van der Waals surface area contributed by atoms with Gasteiger partial charge in [0.05, 0.1) is 5.56 Å². The van der Waals surface area contributed by atoms with Crippen molar-refractivity contribution in [1.82, 2.24) is 0 Å². The van der Waals surface area contributed by atoms with Crippen LogP contribution in [0.4, 0.5) is 18.9 Å². The first-order chi connectivity index (χ1) is 8.09. The molecule has 1 aromatic rings. The largest absolute Gasteiger partial charge is 0.417 e. The summed E-state index contributed by atoms with van der Waals surface area (Å²) in [7, 11) is 0. The van der Waals surface area contributed by atoms with E-state index in [1.807, 2.05) is 0 Å². The average Bonchev–Trinajstić information content (AvgIpc) is 2.17. The molecule has 0 aliphatic carbocycles. The van der Waals surface area contributed by atoms with Crippen molar-refractivity contribution in [3.63, 3.8) is 0 Å². The molecule has 0 fully saturated rings. The SMILES string of the molecule is CC(C)(C)CCNc1ccc(Br)c(C(F)(F)F)c1. The van der Waals surface area contributed by atoms with Gasteiger partial charge in [-0.3, -0.25) is 0 Å². The van der Waals surface area contributed by atoms with Crippen LogP contribution in [-0.2, 0) is 6.18 Å². The molecule has 1 rings (SSSR count). The van der Waals surface area contributed by atoms with Gasteiger partial charge in [0.1, 0.15) is 0 Å². The Bertz CT molecular complexity index is 408. The maximum absolute atomic E-state index is 12.7. The molecule has 0 aromatic heterocycles. The molecule has 0 aliphatic heterocycles. The van der Waals surface area contributed by atoms with Crippen LogP contribution in [0.15, 0.2) is 22.7 Å². The number of benzene rings is 1. The van der Waals surface area contributed by atoms with Gasteiger partial charge in [-0.05, 0) is 30.0 Å². The van der Waals surface area contributed by atoms with E-state index in [1.165, 1.54) is 6.07 Å². The van der Waals surface area contributed by atoms with Crippen molar-refractivity contribution in [3.05, 3.63) is 28.2 Å². The Balaban J connectivity index is 2.74. The summed E-state index contributed by atoms with van der Waals surface area (Å²) in [5.41, 5.74) is 0.00733. The molecule has 0 aliphatic rings. The van der Waals surface area contributed by atoms with E-state index in [4.69, 9.17) is 0 Å². The fourth-order valence-corrected chi connectivity index (χ4v) is 1.91. The molecule has 1 nitrogen and oxygen atoms in total. The highest BCUT2D eigenvalue weighted by Gasteiger charge is 2.33. The number of hydrogen-bond donors (Lipinski definition) is 1. The summed E-state index contributed by atoms with van der Waals surface area (Å²) in [6.45, 7) is 6.94. The number of rotatable bonds is 3.